The van der Waals surface area contributed by atoms with Gasteiger partial charge in [-0.1, -0.05) is 0 Å². The van der Waals surface area contributed by atoms with Crippen molar-refractivity contribution in [3.05, 3.63) is 62.4 Å². The van der Waals surface area contributed by atoms with Crippen molar-refractivity contribution in [1.29, 1.82) is 0 Å². The average molecular weight is 501 g/mol. The second kappa shape index (κ2) is 10.2. The van der Waals surface area contributed by atoms with Gasteiger partial charge in [-0.25, -0.2) is 9.18 Å². The summed E-state index contributed by atoms with van der Waals surface area (Å²) in [5.74, 6) is -2.06. The molecule has 1 fully saturated rings. The van der Waals surface area contributed by atoms with Gasteiger partial charge in [0.25, 0.3) is 0 Å². The van der Waals surface area contributed by atoms with Crippen LogP contribution in [0.1, 0.15) is 39.8 Å². The number of aromatic hydroxyl groups is 1. The Morgan fingerprint density at radius 3 is 2.36 bits per heavy atom. The SMILES string of the molecule is CCn1cc(C(=O)O)c(=O)c2cc(F)c(N3CCN(Cc4nc(C)c(O)c(CO)c4CO)CC3)cc21. The number of benzene rings is 1. The quantitative estimate of drug-likeness (QED) is 0.381. The highest BCUT2D eigenvalue weighted by atomic mass is 19.1. The van der Waals surface area contributed by atoms with E-state index in [2.05, 4.69) is 9.88 Å². The minimum absolute atomic E-state index is 0.0293. The molecule has 0 spiro atoms. The number of piperazine rings is 1. The molecule has 1 saturated heterocycles. The number of anilines is 1. The van der Waals surface area contributed by atoms with Gasteiger partial charge in [-0.2, -0.15) is 0 Å². The van der Waals surface area contributed by atoms with Crippen molar-refractivity contribution in [3.63, 3.8) is 0 Å². The summed E-state index contributed by atoms with van der Waals surface area (Å²) in [6, 6.07) is 2.71. The molecule has 1 aliphatic heterocycles. The van der Waals surface area contributed by atoms with Gasteiger partial charge < -0.3 is 29.9 Å². The molecule has 3 aromatic rings. The lowest BCUT2D eigenvalue weighted by Gasteiger charge is -2.36. The molecule has 10 nitrogen and oxygen atoms in total. The summed E-state index contributed by atoms with van der Waals surface area (Å²) in [5.41, 5.74) is 1.32. The van der Waals surface area contributed by atoms with Gasteiger partial charge >= 0.3 is 5.97 Å². The number of pyridine rings is 2. The molecule has 2 aromatic heterocycles. The first-order valence-electron chi connectivity index (χ1n) is 11.7. The number of carboxylic acid groups (broad SMARTS) is 1. The third-order valence-electron chi connectivity index (χ3n) is 6.77. The van der Waals surface area contributed by atoms with E-state index in [1.165, 1.54) is 6.20 Å². The summed E-state index contributed by atoms with van der Waals surface area (Å²) < 4.78 is 16.8. The maximum absolute atomic E-state index is 15.1. The number of carboxylic acids is 1. The Kier molecular flexibility index (Phi) is 7.25. The third kappa shape index (κ3) is 4.52. The monoisotopic (exact) mass is 500 g/mol. The van der Waals surface area contributed by atoms with Crippen LogP contribution in [0.25, 0.3) is 10.9 Å². The van der Waals surface area contributed by atoms with Crippen molar-refractivity contribution in [2.24, 2.45) is 0 Å². The smallest absolute Gasteiger partial charge is 0.341 e. The largest absolute Gasteiger partial charge is 0.506 e. The second-order valence-corrected chi connectivity index (χ2v) is 8.81. The molecular weight excluding hydrogens is 471 g/mol. The Labute approximate surface area is 206 Å². The molecule has 4 N–H and O–H groups in total. The number of carbonyl (C=O) groups is 1. The number of aliphatic hydroxyl groups excluding tert-OH is 2. The molecule has 192 valence electrons. The van der Waals surface area contributed by atoms with Crippen molar-refractivity contribution in [3.8, 4) is 5.75 Å². The fraction of sp³-hybridized carbons (Fsp3) is 0.400. The van der Waals surface area contributed by atoms with Crippen molar-refractivity contribution >= 4 is 22.6 Å². The Morgan fingerprint density at radius 1 is 1.11 bits per heavy atom. The van der Waals surface area contributed by atoms with Gasteiger partial charge in [-0.15, -0.1) is 0 Å². The van der Waals surface area contributed by atoms with Crippen molar-refractivity contribution in [1.82, 2.24) is 14.5 Å². The minimum Gasteiger partial charge on any atom is -0.506 e. The zero-order valence-electron chi connectivity index (χ0n) is 20.2. The van der Waals surface area contributed by atoms with Gasteiger partial charge in [0.2, 0.25) is 5.43 Å². The van der Waals surface area contributed by atoms with Crippen LogP contribution in [0.15, 0.2) is 23.1 Å². The van der Waals surface area contributed by atoms with E-state index in [1.54, 1.807) is 17.6 Å². The van der Waals surface area contributed by atoms with E-state index in [0.29, 0.717) is 67.4 Å². The molecule has 0 radical (unpaired) electrons. The molecule has 11 heteroatoms. The highest BCUT2D eigenvalue weighted by Crippen LogP contribution is 2.29. The van der Waals surface area contributed by atoms with E-state index < -0.39 is 29.4 Å². The predicted molar refractivity (Wildman–Crippen MR) is 131 cm³/mol. The first-order valence-corrected chi connectivity index (χ1v) is 11.7. The van der Waals surface area contributed by atoms with Gasteiger partial charge in [0.05, 0.1) is 35.8 Å². The van der Waals surface area contributed by atoms with Gasteiger partial charge in [-0.05, 0) is 26.0 Å². The lowest BCUT2D eigenvalue weighted by atomic mass is 10.0. The van der Waals surface area contributed by atoms with Crippen molar-refractivity contribution < 1.29 is 29.6 Å². The summed E-state index contributed by atoms with van der Waals surface area (Å²) >= 11 is 0. The topological polar surface area (TPSA) is 139 Å². The summed E-state index contributed by atoms with van der Waals surface area (Å²) in [4.78, 5) is 32.4. The van der Waals surface area contributed by atoms with E-state index in [1.807, 2.05) is 11.8 Å². The molecule has 0 saturated carbocycles. The number of aryl methyl sites for hydroxylation is 2. The van der Waals surface area contributed by atoms with E-state index in [4.69, 9.17) is 0 Å². The first kappa shape index (κ1) is 25.5. The summed E-state index contributed by atoms with van der Waals surface area (Å²) in [5, 5.41) is 39.0. The number of aliphatic hydroxyl groups is 2. The second-order valence-electron chi connectivity index (χ2n) is 8.81. The van der Waals surface area contributed by atoms with E-state index in [-0.39, 0.29) is 23.3 Å². The molecule has 1 aliphatic rings. The number of fused-ring (bicyclic) bond motifs is 1. The fourth-order valence-corrected chi connectivity index (χ4v) is 4.76. The number of halogens is 1. The van der Waals surface area contributed by atoms with Crippen LogP contribution in [0.5, 0.6) is 5.75 Å². The fourth-order valence-electron chi connectivity index (χ4n) is 4.76. The van der Waals surface area contributed by atoms with Crippen LogP contribution in [0.2, 0.25) is 0 Å². The van der Waals surface area contributed by atoms with E-state index in [9.17, 15) is 30.0 Å². The van der Waals surface area contributed by atoms with E-state index >= 15 is 4.39 Å². The van der Waals surface area contributed by atoms with Crippen LogP contribution in [0, 0.1) is 12.7 Å². The first-order chi connectivity index (χ1) is 17.2. The van der Waals surface area contributed by atoms with Crippen LogP contribution in [-0.4, -0.2) is 67.0 Å². The third-order valence-corrected chi connectivity index (χ3v) is 6.77. The van der Waals surface area contributed by atoms with Crippen LogP contribution >= 0.6 is 0 Å². The zero-order valence-corrected chi connectivity index (χ0v) is 20.2. The molecule has 0 unspecified atom stereocenters. The van der Waals surface area contributed by atoms with Crippen molar-refractivity contribution in [2.45, 2.75) is 40.2 Å². The Bertz CT molecular complexity index is 1380. The Hall–Kier alpha value is -3.54. The average Bonchev–Trinajstić information content (AvgIpc) is 2.86. The standard InChI is InChI=1S/C25H29FN4O6/c1-3-29-10-16(25(35)36)24(34)15-8-19(26)22(9-21(15)29)30-6-4-28(5-7-30)11-20-17(12-31)18(13-32)23(33)14(2)27-20/h8-10,31-33H,3-7,11-13H2,1-2H3,(H,35,36). The van der Waals surface area contributed by atoms with Crippen LogP contribution in [0.3, 0.4) is 0 Å². The van der Waals surface area contributed by atoms with Crippen LogP contribution in [-0.2, 0) is 26.3 Å². The number of hydrogen-bond donors (Lipinski definition) is 4. The molecule has 1 aromatic carbocycles. The molecular formula is C25H29FN4O6. The Balaban J connectivity index is 1.58. The summed E-state index contributed by atoms with van der Waals surface area (Å²) in [7, 11) is 0. The zero-order chi connectivity index (χ0) is 26.1. The maximum Gasteiger partial charge on any atom is 0.341 e. The summed E-state index contributed by atoms with van der Waals surface area (Å²) in [6.07, 6.45) is 1.29. The molecule has 0 atom stereocenters. The number of aromatic nitrogens is 2. The van der Waals surface area contributed by atoms with Crippen LogP contribution < -0.4 is 10.3 Å². The van der Waals surface area contributed by atoms with E-state index in [0.717, 1.165) is 6.07 Å². The maximum atomic E-state index is 15.1. The van der Waals surface area contributed by atoms with Gasteiger partial charge in [-0.3, -0.25) is 14.7 Å². The van der Waals surface area contributed by atoms with Gasteiger partial charge in [0, 0.05) is 62.0 Å². The molecule has 4 rings (SSSR count). The van der Waals surface area contributed by atoms with Crippen molar-refractivity contribution in [2.75, 3.05) is 31.1 Å². The van der Waals surface area contributed by atoms with Gasteiger partial charge in [0.15, 0.2) is 0 Å². The van der Waals surface area contributed by atoms with Gasteiger partial charge in [0.1, 0.15) is 17.1 Å². The summed E-state index contributed by atoms with van der Waals surface area (Å²) in [6.45, 7) is 5.60. The predicted octanol–water partition coefficient (Wildman–Crippen LogP) is 1.57. The minimum atomic E-state index is -1.35. The molecule has 36 heavy (non-hydrogen) atoms. The molecule has 0 bridgehead atoms. The molecule has 0 aliphatic carbocycles. The molecule has 0 amide bonds. The normalized spacial score (nSPS) is 14.5. The lowest BCUT2D eigenvalue weighted by molar-refractivity contribution is 0.0694. The van der Waals surface area contributed by atoms with Crippen LogP contribution in [0.4, 0.5) is 10.1 Å². The Morgan fingerprint density at radius 2 is 1.78 bits per heavy atom. The number of rotatable bonds is 7. The lowest BCUT2D eigenvalue weighted by Crippen LogP contribution is -2.46. The highest BCUT2D eigenvalue weighted by Gasteiger charge is 2.24. The highest BCUT2D eigenvalue weighted by molar-refractivity contribution is 5.93. The number of aromatic carboxylic acids is 1. The molecule has 3 heterocycles. The number of nitrogens with zero attached hydrogens (tertiary/aromatic N) is 4. The number of hydrogen-bond acceptors (Lipinski definition) is 8.